The molecule has 1 aliphatic carbocycles. The summed E-state index contributed by atoms with van der Waals surface area (Å²) < 4.78 is 0. The Labute approximate surface area is 59.7 Å². The zero-order chi connectivity index (χ0) is 6.51. The quantitative estimate of drug-likeness (QED) is 0.467. The monoisotopic (exact) mass is 134 g/mol. The van der Waals surface area contributed by atoms with E-state index >= 15 is 0 Å². The van der Waals surface area contributed by atoms with E-state index in [1.807, 2.05) is 0 Å². The second-order valence-corrected chi connectivity index (χ2v) is 4.13. The lowest BCUT2D eigenvalue weighted by molar-refractivity contribution is -0.0329. The van der Waals surface area contributed by atoms with Crippen LogP contribution in [0.15, 0.2) is 11.6 Å². The van der Waals surface area contributed by atoms with Crippen LogP contribution < -0.4 is 5.73 Å². The molecule has 10 heavy (non-hydrogen) atoms. The molecule has 0 radical (unpaired) electrons. The Kier molecular flexibility index (Phi) is 0.410. The highest BCUT2D eigenvalue weighted by Crippen LogP contribution is 2.70. The zero-order valence-corrected chi connectivity index (χ0v) is 5.75. The number of piperidine rings is 1. The van der Waals surface area contributed by atoms with Gasteiger partial charge < -0.3 is 5.73 Å². The van der Waals surface area contributed by atoms with Crippen molar-refractivity contribution in [2.75, 3.05) is 0 Å². The topological polar surface area (TPSA) is 29.3 Å². The first-order valence-electron chi connectivity index (χ1n) is 4.10. The molecule has 52 valence electrons. The van der Waals surface area contributed by atoms with Crippen LogP contribution in [0, 0.1) is 0 Å². The lowest BCUT2D eigenvalue weighted by Crippen LogP contribution is -2.69. The van der Waals surface area contributed by atoms with Crippen molar-refractivity contribution >= 4 is 0 Å². The fraction of sp³-hybridized carbons (Fsp3) is 0.750. The van der Waals surface area contributed by atoms with Gasteiger partial charge in [0, 0.05) is 18.1 Å². The van der Waals surface area contributed by atoms with Crippen molar-refractivity contribution in [1.82, 2.24) is 4.90 Å². The third kappa shape index (κ3) is 0.216. The maximum atomic E-state index is 5.97. The number of nitrogens with two attached hydrogens (primary N) is 1. The van der Waals surface area contributed by atoms with Gasteiger partial charge in [-0.3, -0.25) is 4.90 Å². The van der Waals surface area contributed by atoms with Crippen LogP contribution in [0.5, 0.6) is 0 Å². The molecule has 4 rings (SSSR count). The van der Waals surface area contributed by atoms with Gasteiger partial charge in [-0.25, -0.2) is 0 Å². The van der Waals surface area contributed by atoms with Gasteiger partial charge in [-0.1, -0.05) is 6.08 Å². The molecule has 2 nitrogen and oxygen atoms in total. The number of rotatable bonds is 0. The molecule has 1 spiro atoms. The highest BCUT2D eigenvalue weighted by atomic mass is 15.4. The molecule has 0 amide bonds. The first-order chi connectivity index (χ1) is 4.83. The van der Waals surface area contributed by atoms with Crippen molar-refractivity contribution in [2.24, 2.45) is 5.73 Å². The Morgan fingerprint density at radius 1 is 1.70 bits per heavy atom. The largest absolute Gasteiger partial charge is 0.326 e. The molecule has 3 aliphatic heterocycles. The number of nitrogens with zero attached hydrogens (tertiary/aromatic N) is 1. The van der Waals surface area contributed by atoms with E-state index in [0.717, 1.165) is 6.04 Å². The van der Waals surface area contributed by atoms with Crippen LogP contribution in [-0.2, 0) is 0 Å². The summed E-state index contributed by atoms with van der Waals surface area (Å²) >= 11 is 0. The Hall–Kier alpha value is -0.340. The minimum atomic E-state index is 0.467. The second kappa shape index (κ2) is 0.908. The van der Waals surface area contributed by atoms with E-state index in [4.69, 9.17) is 5.73 Å². The maximum absolute atomic E-state index is 5.97. The van der Waals surface area contributed by atoms with E-state index in [2.05, 4.69) is 11.0 Å². The molecule has 3 heterocycles. The van der Waals surface area contributed by atoms with Gasteiger partial charge in [0.1, 0.15) is 0 Å². The van der Waals surface area contributed by atoms with E-state index in [-0.39, 0.29) is 0 Å². The van der Waals surface area contributed by atoms with Crippen molar-refractivity contribution in [1.29, 1.82) is 0 Å². The average molecular weight is 134 g/mol. The van der Waals surface area contributed by atoms with Crippen LogP contribution in [-0.4, -0.2) is 28.6 Å². The van der Waals surface area contributed by atoms with Gasteiger partial charge in [-0.05, 0) is 18.4 Å². The molecule has 1 unspecified atom stereocenters. The standard InChI is InChI=1S/C8H10N2/c9-6-1-4-2-8-3-5(8)7(6)10(4)8/h3-4,6-7H,1-2,9H2/t4-,6+,7+,8?/m0/s1. The molecule has 3 saturated heterocycles. The summed E-state index contributed by atoms with van der Waals surface area (Å²) in [6.07, 6.45) is 5.07. The molecule has 4 aliphatic rings. The predicted octanol–water partition coefficient (Wildman–Crippen LogP) is -0.147. The summed E-state index contributed by atoms with van der Waals surface area (Å²) in [4.78, 5) is 2.62. The minimum Gasteiger partial charge on any atom is -0.326 e. The second-order valence-electron chi connectivity index (χ2n) is 4.13. The zero-order valence-electron chi connectivity index (χ0n) is 5.75. The Morgan fingerprint density at radius 3 is 3.40 bits per heavy atom. The molecule has 2 N–H and O–H groups in total. The average Bonchev–Trinajstić information content (AvgIpc) is 2.49. The fourth-order valence-corrected chi connectivity index (χ4v) is 3.38. The summed E-state index contributed by atoms with van der Waals surface area (Å²) in [5.41, 5.74) is 8.20. The molecular formula is C8H10N2. The Balaban J connectivity index is 1.89. The number of fused-ring (bicyclic) bond motifs is 1. The van der Waals surface area contributed by atoms with Crippen LogP contribution in [0.3, 0.4) is 0 Å². The summed E-state index contributed by atoms with van der Waals surface area (Å²) in [6, 6.07) is 2.02. The molecule has 4 atom stereocenters. The van der Waals surface area contributed by atoms with Gasteiger partial charge in [0.25, 0.3) is 0 Å². The van der Waals surface area contributed by atoms with Gasteiger partial charge in [0.05, 0.1) is 5.54 Å². The molecule has 0 aromatic rings. The van der Waals surface area contributed by atoms with Crippen molar-refractivity contribution in [3.63, 3.8) is 0 Å². The van der Waals surface area contributed by atoms with Crippen molar-refractivity contribution < 1.29 is 0 Å². The predicted molar refractivity (Wildman–Crippen MR) is 37.4 cm³/mol. The van der Waals surface area contributed by atoms with Gasteiger partial charge in [-0.15, -0.1) is 0 Å². The van der Waals surface area contributed by atoms with Gasteiger partial charge in [-0.2, -0.15) is 0 Å². The van der Waals surface area contributed by atoms with Crippen molar-refractivity contribution in [2.45, 2.75) is 36.5 Å². The highest BCUT2D eigenvalue weighted by Gasteiger charge is 2.77. The van der Waals surface area contributed by atoms with E-state index in [0.29, 0.717) is 17.6 Å². The lowest BCUT2D eigenvalue weighted by Gasteiger charge is -2.57. The Bertz CT molecular complexity index is 270. The third-order valence-electron chi connectivity index (χ3n) is 3.78. The first-order valence-corrected chi connectivity index (χ1v) is 4.10. The van der Waals surface area contributed by atoms with Crippen LogP contribution in [0.1, 0.15) is 12.8 Å². The van der Waals surface area contributed by atoms with Crippen molar-refractivity contribution in [3.05, 3.63) is 11.6 Å². The van der Waals surface area contributed by atoms with Gasteiger partial charge in [0.2, 0.25) is 0 Å². The maximum Gasteiger partial charge on any atom is 0.0648 e. The fourth-order valence-electron chi connectivity index (χ4n) is 3.38. The molecular weight excluding hydrogens is 124 g/mol. The third-order valence-corrected chi connectivity index (χ3v) is 3.78. The normalized spacial score (nSPS) is 67.3. The van der Waals surface area contributed by atoms with Gasteiger partial charge in [0.15, 0.2) is 0 Å². The van der Waals surface area contributed by atoms with Crippen LogP contribution in [0.4, 0.5) is 0 Å². The number of hydrogen-bond donors (Lipinski definition) is 1. The van der Waals surface area contributed by atoms with E-state index in [1.165, 1.54) is 12.8 Å². The SMILES string of the molecule is N[C@@H]1C[C@H]2CC34C=C3[C@H]1N24. The summed E-state index contributed by atoms with van der Waals surface area (Å²) in [5.74, 6) is 0. The highest BCUT2D eigenvalue weighted by molar-refractivity contribution is 5.64. The molecule has 0 bridgehead atoms. The van der Waals surface area contributed by atoms with Crippen LogP contribution in [0.2, 0.25) is 0 Å². The summed E-state index contributed by atoms with van der Waals surface area (Å²) in [6.45, 7) is 0. The molecule has 2 heteroatoms. The molecule has 0 aromatic heterocycles. The van der Waals surface area contributed by atoms with E-state index in [1.54, 1.807) is 5.57 Å². The minimum absolute atomic E-state index is 0.467. The molecule has 0 aromatic carbocycles. The van der Waals surface area contributed by atoms with E-state index in [9.17, 15) is 0 Å². The molecule has 3 fully saturated rings. The van der Waals surface area contributed by atoms with Gasteiger partial charge >= 0.3 is 0 Å². The number of hydrogen-bond acceptors (Lipinski definition) is 2. The Morgan fingerprint density at radius 2 is 2.60 bits per heavy atom. The van der Waals surface area contributed by atoms with Crippen LogP contribution >= 0.6 is 0 Å². The van der Waals surface area contributed by atoms with Crippen molar-refractivity contribution in [3.8, 4) is 0 Å². The lowest BCUT2D eigenvalue weighted by atomic mass is 9.79. The smallest absolute Gasteiger partial charge is 0.0648 e. The summed E-state index contributed by atoms with van der Waals surface area (Å²) in [7, 11) is 0. The van der Waals surface area contributed by atoms with Crippen LogP contribution in [0.25, 0.3) is 0 Å². The molecule has 0 saturated carbocycles. The first kappa shape index (κ1) is 4.52. The van der Waals surface area contributed by atoms with E-state index < -0.39 is 0 Å². The summed E-state index contributed by atoms with van der Waals surface area (Å²) in [5, 5.41) is 0.